The zero-order chi connectivity index (χ0) is 25.2. The van der Waals surface area contributed by atoms with Crippen molar-refractivity contribution in [3.63, 3.8) is 0 Å². The van der Waals surface area contributed by atoms with E-state index >= 15 is 0 Å². The zero-order valence-corrected chi connectivity index (χ0v) is 19.9. The highest BCUT2D eigenvalue weighted by Gasteiger charge is 2.10. The highest BCUT2D eigenvalue weighted by Crippen LogP contribution is 2.22. The molecule has 0 heterocycles. The maximum absolute atomic E-state index is 12.1. The lowest BCUT2D eigenvalue weighted by Crippen LogP contribution is -2.17. The van der Waals surface area contributed by atoms with Crippen LogP contribution in [0.4, 0.5) is 0 Å². The minimum atomic E-state index is -0.394. The number of hydrogen-bond acceptors (Lipinski definition) is 7. The molecule has 3 rings (SSSR count). The Balaban J connectivity index is 1.60. The summed E-state index contributed by atoms with van der Waals surface area (Å²) >= 11 is 0. The first-order valence-electron chi connectivity index (χ1n) is 11.0. The van der Waals surface area contributed by atoms with E-state index in [0.717, 1.165) is 11.1 Å². The molecule has 0 aliphatic heterocycles. The van der Waals surface area contributed by atoms with E-state index in [0.29, 0.717) is 29.2 Å². The van der Waals surface area contributed by atoms with Crippen LogP contribution in [0, 0.1) is 5.92 Å². The fourth-order valence-electron chi connectivity index (χ4n) is 3.01. The molecule has 0 fully saturated rings. The van der Waals surface area contributed by atoms with Gasteiger partial charge in [-0.15, -0.1) is 0 Å². The topological polar surface area (TPSA) is 106 Å². The van der Waals surface area contributed by atoms with Crippen LogP contribution in [0.3, 0.4) is 0 Å². The second kappa shape index (κ2) is 12.2. The number of nitrogens with one attached hydrogen (secondary N) is 1. The monoisotopic (exact) mass is 476 g/mol. The quantitative estimate of drug-likeness (QED) is 0.252. The van der Waals surface area contributed by atoms with Crippen molar-refractivity contribution in [2.45, 2.75) is 20.5 Å². The van der Waals surface area contributed by atoms with Crippen LogP contribution in [-0.4, -0.2) is 36.9 Å². The second-order valence-electron chi connectivity index (χ2n) is 8.12. The molecule has 1 amide bonds. The van der Waals surface area contributed by atoms with Gasteiger partial charge in [-0.1, -0.05) is 13.8 Å². The van der Waals surface area contributed by atoms with E-state index in [-0.39, 0.29) is 24.2 Å². The number of benzene rings is 3. The van der Waals surface area contributed by atoms with E-state index in [1.165, 1.54) is 30.5 Å². The van der Waals surface area contributed by atoms with Gasteiger partial charge in [0, 0.05) is 11.1 Å². The molecule has 0 radical (unpaired) electrons. The summed E-state index contributed by atoms with van der Waals surface area (Å²) in [6, 6.07) is 18.0. The number of phenols is 1. The molecule has 8 heteroatoms. The largest absolute Gasteiger partial charge is 0.508 e. The lowest BCUT2D eigenvalue weighted by molar-refractivity contribution is 0.0459. The number of methoxy groups -OCH3 is 1. The molecule has 2 N–H and O–H groups in total. The summed E-state index contributed by atoms with van der Waals surface area (Å²) in [7, 11) is 1.57. The van der Waals surface area contributed by atoms with Crippen molar-refractivity contribution in [3.05, 3.63) is 89.0 Å². The molecule has 182 valence electrons. The van der Waals surface area contributed by atoms with Crippen LogP contribution in [0.5, 0.6) is 17.2 Å². The first-order valence-corrected chi connectivity index (χ1v) is 11.0. The van der Waals surface area contributed by atoms with Crippen molar-refractivity contribution < 1.29 is 28.9 Å². The lowest BCUT2D eigenvalue weighted by Gasteiger charge is -2.12. The molecule has 3 aromatic carbocycles. The van der Waals surface area contributed by atoms with Gasteiger partial charge in [-0.2, -0.15) is 5.10 Å². The van der Waals surface area contributed by atoms with Crippen molar-refractivity contribution in [1.82, 2.24) is 5.43 Å². The van der Waals surface area contributed by atoms with E-state index < -0.39 is 5.91 Å². The number of phenolic OH excluding ortho intramolecular Hbond substituents is 1. The average Bonchev–Trinajstić information content (AvgIpc) is 2.86. The van der Waals surface area contributed by atoms with Crippen LogP contribution in [-0.2, 0) is 11.3 Å². The standard InChI is InChI=1S/C27H28N2O6/c1-18(2)16-35-27(32)21-7-11-24(12-8-21)34-17-22-14-19(4-13-25(22)33-3)15-28-29-26(31)20-5-9-23(30)10-6-20/h4-15,18,30H,16-17H2,1-3H3,(H,29,31)/b28-15-. The number of hydrogen-bond donors (Lipinski definition) is 2. The highest BCUT2D eigenvalue weighted by molar-refractivity contribution is 5.95. The average molecular weight is 477 g/mol. The SMILES string of the molecule is COc1ccc(/C=N\NC(=O)c2ccc(O)cc2)cc1COc1ccc(C(=O)OCC(C)C)cc1. The number of carbonyl (C=O) groups excluding carboxylic acids is 2. The molecule has 3 aromatic rings. The minimum Gasteiger partial charge on any atom is -0.508 e. The summed E-state index contributed by atoms with van der Waals surface area (Å²) in [5.74, 6) is 0.828. The molecule has 0 spiro atoms. The first kappa shape index (κ1) is 25.3. The van der Waals surface area contributed by atoms with Crippen LogP contribution in [0.1, 0.15) is 45.7 Å². The van der Waals surface area contributed by atoms with Crippen molar-refractivity contribution in [1.29, 1.82) is 0 Å². The summed E-state index contributed by atoms with van der Waals surface area (Å²) in [6.45, 7) is 4.55. The number of nitrogens with zero attached hydrogens (tertiary/aromatic N) is 1. The maximum atomic E-state index is 12.1. The smallest absolute Gasteiger partial charge is 0.338 e. The Hall–Kier alpha value is -4.33. The van der Waals surface area contributed by atoms with E-state index in [1.54, 1.807) is 43.5 Å². The van der Waals surface area contributed by atoms with Gasteiger partial charge in [0.2, 0.25) is 0 Å². The molecular weight excluding hydrogens is 448 g/mol. The fraction of sp³-hybridized carbons (Fsp3) is 0.222. The van der Waals surface area contributed by atoms with Crippen LogP contribution >= 0.6 is 0 Å². The van der Waals surface area contributed by atoms with E-state index in [9.17, 15) is 14.7 Å². The van der Waals surface area contributed by atoms with Crippen LogP contribution in [0.2, 0.25) is 0 Å². The first-order chi connectivity index (χ1) is 16.9. The summed E-state index contributed by atoms with van der Waals surface area (Å²) in [5.41, 5.74) is 4.80. The molecule has 35 heavy (non-hydrogen) atoms. The van der Waals surface area contributed by atoms with Gasteiger partial charge in [0.1, 0.15) is 23.9 Å². The Bertz CT molecular complexity index is 1170. The van der Waals surface area contributed by atoms with Gasteiger partial charge in [-0.3, -0.25) is 4.79 Å². The maximum Gasteiger partial charge on any atom is 0.338 e. The molecule has 8 nitrogen and oxygen atoms in total. The number of hydrazone groups is 1. The van der Waals surface area contributed by atoms with Gasteiger partial charge >= 0.3 is 5.97 Å². The molecule has 0 saturated heterocycles. The molecule has 0 saturated carbocycles. The Morgan fingerprint density at radius 1 is 1.00 bits per heavy atom. The number of ether oxygens (including phenoxy) is 3. The van der Waals surface area contributed by atoms with Gasteiger partial charge in [0.15, 0.2) is 0 Å². The van der Waals surface area contributed by atoms with E-state index in [1.807, 2.05) is 19.9 Å². The van der Waals surface area contributed by atoms with E-state index in [2.05, 4.69) is 10.5 Å². The van der Waals surface area contributed by atoms with Crippen molar-refractivity contribution >= 4 is 18.1 Å². The van der Waals surface area contributed by atoms with Gasteiger partial charge in [-0.25, -0.2) is 10.2 Å². The third-order valence-electron chi connectivity index (χ3n) is 4.85. The predicted octanol–water partition coefficient (Wildman–Crippen LogP) is 4.56. The van der Waals surface area contributed by atoms with Gasteiger partial charge in [0.25, 0.3) is 5.91 Å². The fourth-order valence-corrected chi connectivity index (χ4v) is 3.01. The molecule has 0 atom stereocenters. The summed E-state index contributed by atoms with van der Waals surface area (Å²) in [6.07, 6.45) is 1.51. The number of carbonyl (C=O) groups is 2. The van der Waals surface area contributed by atoms with E-state index in [4.69, 9.17) is 14.2 Å². The number of esters is 1. The number of aromatic hydroxyl groups is 1. The van der Waals surface area contributed by atoms with Crippen LogP contribution in [0.25, 0.3) is 0 Å². The lowest BCUT2D eigenvalue weighted by atomic mass is 10.1. The molecule has 0 aromatic heterocycles. The zero-order valence-electron chi connectivity index (χ0n) is 19.9. The molecule has 0 bridgehead atoms. The third-order valence-corrected chi connectivity index (χ3v) is 4.85. The molecule has 0 unspecified atom stereocenters. The predicted molar refractivity (Wildman–Crippen MR) is 132 cm³/mol. The summed E-state index contributed by atoms with van der Waals surface area (Å²) < 4.78 is 16.5. The summed E-state index contributed by atoms with van der Waals surface area (Å²) in [5, 5.41) is 13.3. The van der Waals surface area contributed by atoms with Crippen molar-refractivity contribution in [3.8, 4) is 17.2 Å². The number of rotatable bonds is 10. The van der Waals surface area contributed by atoms with Gasteiger partial charge < -0.3 is 19.3 Å². The Kier molecular flexibility index (Phi) is 8.83. The number of amides is 1. The van der Waals surface area contributed by atoms with Crippen LogP contribution < -0.4 is 14.9 Å². The minimum absolute atomic E-state index is 0.0816. The molecule has 0 aliphatic rings. The Morgan fingerprint density at radius 3 is 2.34 bits per heavy atom. The molecule has 0 aliphatic carbocycles. The third kappa shape index (κ3) is 7.60. The normalized spacial score (nSPS) is 10.9. The molecular formula is C27H28N2O6. The van der Waals surface area contributed by atoms with Gasteiger partial charge in [0.05, 0.1) is 25.5 Å². The summed E-state index contributed by atoms with van der Waals surface area (Å²) in [4.78, 5) is 24.2. The Morgan fingerprint density at radius 2 is 1.69 bits per heavy atom. The van der Waals surface area contributed by atoms with Crippen LogP contribution in [0.15, 0.2) is 71.8 Å². The van der Waals surface area contributed by atoms with Crippen molar-refractivity contribution in [2.75, 3.05) is 13.7 Å². The second-order valence-corrected chi connectivity index (χ2v) is 8.12. The van der Waals surface area contributed by atoms with Crippen molar-refractivity contribution in [2.24, 2.45) is 11.0 Å². The van der Waals surface area contributed by atoms with Gasteiger partial charge in [-0.05, 0) is 78.2 Å². The Labute approximate surface area is 204 Å². The highest BCUT2D eigenvalue weighted by atomic mass is 16.5.